The van der Waals surface area contributed by atoms with Crippen LogP contribution in [-0.4, -0.2) is 12.5 Å². The largest absolute Gasteiger partial charge is 0.492 e. The summed E-state index contributed by atoms with van der Waals surface area (Å²) in [5.74, 6) is 0.742. The lowest BCUT2D eigenvalue weighted by Crippen LogP contribution is -1.97. The third-order valence-corrected chi connectivity index (χ3v) is 2.00. The van der Waals surface area contributed by atoms with Crippen molar-refractivity contribution in [2.24, 2.45) is 0 Å². The molecular formula is C8H7BrClFO. The Kier molecular flexibility index (Phi) is 3.82. The van der Waals surface area contributed by atoms with E-state index in [1.807, 2.05) is 0 Å². The van der Waals surface area contributed by atoms with Crippen LogP contribution in [0.2, 0.25) is 0 Å². The zero-order valence-electron chi connectivity index (χ0n) is 6.19. The Bertz CT molecular complexity index is 267. The average Bonchev–Trinajstić information content (AvgIpc) is 2.07. The second-order valence-electron chi connectivity index (χ2n) is 2.11. The fourth-order valence-corrected chi connectivity index (χ4v) is 1.16. The summed E-state index contributed by atoms with van der Waals surface area (Å²) in [5.41, 5.74) is 0. The highest BCUT2D eigenvalue weighted by molar-refractivity contribution is 9.10. The van der Waals surface area contributed by atoms with Crippen molar-refractivity contribution in [1.82, 2.24) is 0 Å². The molecule has 0 N–H and O–H groups in total. The number of hydrogen-bond donors (Lipinski definition) is 0. The van der Waals surface area contributed by atoms with Gasteiger partial charge < -0.3 is 4.74 Å². The van der Waals surface area contributed by atoms with E-state index >= 15 is 0 Å². The Morgan fingerprint density at radius 1 is 1.50 bits per heavy atom. The van der Waals surface area contributed by atoms with Crippen LogP contribution in [0.3, 0.4) is 0 Å². The lowest BCUT2D eigenvalue weighted by molar-refractivity contribution is 0.342. The van der Waals surface area contributed by atoms with E-state index in [-0.39, 0.29) is 5.82 Å². The van der Waals surface area contributed by atoms with Gasteiger partial charge in [-0.05, 0) is 34.1 Å². The summed E-state index contributed by atoms with van der Waals surface area (Å²) in [7, 11) is 0. The Morgan fingerprint density at radius 3 is 2.83 bits per heavy atom. The van der Waals surface area contributed by atoms with Gasteiger partial charge in [0, 0.05) is 0 Å². The van der Waals surface area contributed by atoms with Gasteiger partial charge in [-0.25, -0.2) is 4.39 Å². The second-order valence-corrected chi connectivity index (χ2v) is 3.35. The summed E-state index contributed by atoms with van der Waals surface area (Å²) in [5, 5.41) is 0. The molecule has 1 aromatic rings. The third kappa shape index (κ3) is 2.64. The molecule has 4 heteroatoms. The normalized spacial score (nSPS) is 9.92. The van der Waals surface area contributed by atoms with Crippen molar-refractivity contribution in [2.45, 2.75) is 0 Å². The Hall–Kier alpha value is -0.280. The van der Waals surface area contributed by atoms with Crippen LogP contribution in [0.1, 0.15) is 0 Å². The molecule has 0 unspecified atom stereocenters. The SMILES string of the molecule is Fc1ccc(OCCCl)cc1Br. The highest BCUT2D eigenvalue weighted by atomic mass is 79.9. The molecule has 0 amide bonds. The van der Waals surface area contributed by atoms with E-state index in [0.717, 1.165) is 0 Å². The molecule has 0 aliphatic heterocycles. The molecule has 0 spiro atoms. The third-order valence-electron chi connectivity index (χ3n) is 1.24. The van der Waals surface area contributed by atoms with Crippen LogP contribution in [0.15, 0.2) is 22.7 Å². The summed E-state index contributed by atoms with van der Waals surface area (Å²) < 4.78 is 18.3. The number of benzene rings is 1. The molecule has 0 bridgehead atoms. The highest BCUT2D eigenvalue weighted by Crippen LogP contribution is 2.21. The van der Waals surface area contributed by atoms with Crippen LogP contribution in [0.5, 0.6) is 5.75 Å². The van der Waals surface area contributed by atoms with E-state index in [1.54, 1.807) is 12.1 Å². The van der Waals surface area contributed by atoms with Gasteiger partial charge in [-0.2, -0.15) is 0 Å². The van der Waals surface area contributed by atoms with Gasteiger partial charge in [0.25, 0.3) is 0 Å². The molecular weight excluding hydrogens is 246 g/mol. The van der Waals surface area contributed by atoms with Crippen molar-refractivity contribution >= 4 is 27.5 Å². The molecule has 0 aliphatic rings. The first-order chi connectivity index (χ1) is 5.74. The van der Waals surface area contributed by atoms with Crippen LogP contribution in [0.25, 0.3) is 0 Å². The van der Waals surface area contributed by atoms with Crippen molar-refractivity contribution in [2.75, 3.05) is 12.5 Å². The van der Waals surface area contributed by atoms with E-state index in [0.29, 0.717) is 22.7 Å². The molecule has 1 rings (SSSR count). The monoisotopic (exact) mass is 252 g/mol. The Morgan fingerprint density at radius 2 is 2.25 bits per heavy atom. The molecule has 66 valence electrons. The van der Waals surface area contributed by atoms with Gasteiger partial charge in [-0.1, -0.05) is 0 Å². The first-order valence-electron chi connectivity index (χ1n) is 3.38. The minimum Gasteiger partial charge on any atom is -0.492 e. The Balaban J connectivity index is 2.69. The van der Waals surface area contributed by atoms with E-state index in [4.69, 9.17) is 16.3 Å². The molecule has 0 fully saturated rings. The predicted molar refractivity (Wildman–Crippen MR) is 50.3 cm³/mol. The van der Waals surface area contributed by atoms with E-state index in [9.17, 15) is 4.39 Å². The van der Waals surface area contributed by atoms with Crippen LogP contribution in [0.4, 0.5) is 4.39 Å². The molecule has 0 heterocycles. The van der Waals surface area contributed by atoms with Crippen molar-refractivity contribution in [3.8, 4) is 5.75 Å². The van der Waals surface area contributed by atoms with Crippen molar-refractivity contribution in [3.05, 3.63) is 28.5 Å². The number of ether oxygens (including phenoxy) is 1. The van der Waals surface area contributed by atoms with Gasteiger partial charge in [0.2, 0.25) is 0 Å². The Labute approximate surface area is 83.6 Å². The van der Waals surface area contributed by atoms with Crippen LogP contribution in [-0.2, 0) is 0 Å². The first-order valence-corrected chi connectivity index (χ1v) is 4.70. The van der Waals surface area contributed by atoms with Gasteiger partial charge >= 0.3 is 0 Å². The van der Waals surface area contributed by atoms with Gasteiger partial charge in [0.05, 0.1) is 10.4 Å². The van der Waals surface area contributed by atoms with Crippen LogP contribution in [0, 0.1) is 5.82 Å². The maximum atomic E-state index is 12.7. The molecule has 0 radical (unpaired) electrons. The fourth-order valence-electron chi connectivity index (χ4n) is 0.723. The van der Waals surface area contributed by atoms with Gasteiger partial charge in [-0.15, -0.1) is 11.6 Å². The van der Waals surface area contributed by atoms with Crippen molar-refractivity contribution in [1.29, 1.82) is 0 Å². The fraction of sp³-hybridized carbons (Fsp3) is 0.250. The minimum absolute atomic E-state index is 0.298. The number of hydrogen-bond acceptors (Lipinski definition) is 1. The second kappa shape index (κ2) is 4.67. The van der Waals surface area contributed by atoms with Crippen molar-refractivity contribution < 1.29 is 9.13 Å². The summed E-state index contributed by atoms with van der Waals surface area (Å²) in [6.45, 7) is 0.430. The lowest BCUT2D eigenvalue weighted by Gasteiger charge is -2.03. The minimum atomic E-state index is -0.298. The number of alkyl halides is 1. The van der Waals surface area contributed by atoms with Crippen LogP contribution >= 0.6 is 27.5 Å². The van der Waals surface area contributed by atoms with E-state index in [1.165, 1.54) is 6.07 Å². The lowest BCUT2D eigenvalue weighted by atomic mass is 10.3. The summed E-state index contributed by atoms with van der Waals surface area (Å²) >= 11 is 8.46. The summed E-state index contributed by atoms with van der Waals surface area (Å²) in [4.78, 5) is 0. The average molecular weight is 253 g/mol. The van der Waals surface area contributed by atoms with E-state index < -0.39 is 0 Å². The molecule has 0 saturated heterocycles. The molecule has 0 aliphatic carbocycles. The van der Waals surface area contributed by atoms with Gasteiger partial charge in [-0.3, -0.25) is 0 Å². The quantitative estimate of drug-likeness (QED) is 0.752. The zero-order chi connectivity index (χ0) is 8.97. The maximum absolute atomic E-state index is 12.7. The number of halogens is 3. The molecule has 0 atom stereocenters. The van der Waals surface area contributed by atoms with Gasteiger partial charge in [0.1, 0.15) is 18.2 Å². The topological polar surface area (TPSA) is 9.23 Å². The molecule has 12 heavy (non-hydrogen) atoms. The highest BCUT2D eigenvalue weighted by Gasteiger charge is 1.99. The van der Waals surface area contributed by atoms with E-state index in [2.05, 4.69) is 15.9 Å². The summed E-state index contributed by atoms with van der Waals surface area (Å²) in [6, 6.07) is 4.47. The standard InChI is InChI=1S/C8H7BrClFO/c9-7-5-6(12-4-3-10)1-2-8(7)11/h1-2,5H,3-4H2. The first kappa shape index (κ1) is 9.81. The number of rotatable bonds is 3. The van der Waals surface area contributed by atoms with Crippen molar-refractivity contribution in [3.63, 3.8) is 0 Å². The predicted octanol–water partition coefficient (Wildman–Crippen LogP) is 3.21. The maximum Gasteiger partial charge on any atom is 0.137 e. The van der Waals surface area contributed by atoms with Crippen LogP contribution < -0.4 is 4.74 Å². The van der Waals surface area contributed by atoms with Gasteiger partial charge in [0.15, 0.2) is 0 Å². The molecule has 1 aromatic carbocycles. The molecule has 1 nitrogen and oxygen atoms in total. The molecule has 0 aromatic heterocycles. The summed E-state index contributed by atoms with van der Waals surface area (Å²) in [6.07, 6.45) is 0. The molecule has 0 saturated carbocycles. The smallest absolute Gasteiger partial charge is 0.137 e. The zero-order valence-corrected chi connectivity index (χ0v) is 8.53.